The summed E-state index contributed by atoms with van der Waals surface area (Å²) >= 11 is 0. The lowest BCUT2D eigenvalue weighted by molar-refractivity contribution is 0.378. The lowest BCUT2D eigenvalue weighted by Crippen LogP contribution is -2.15. The van der Waals surface area contributed by atoms with Crippen molar-refractivity contribution in [3.8, 4) is 0 Å². The molecule has 1 heterocycles. The van der Waals surface area contributed by atoms with E-state index in [4.69, 9.17) is 0 Å². The van der Waals surface area contributed by atoms with Crippen LogP contribution in [0.25, 0.3) is 0 Å². The summed E-state index contributed by atoms with van der Waals surface area (Å²) in [5.74, 6) is 0. The van der Waals surface area contributed by atoms with Crippen LogP contribution in [0, 0.1) is 0 Å². The lowest BCUT2D eigenvalue weighted by atomic mass is 10.2. The topological polar surface area (TPSA) is 3.01 Å². The molecule has 3 unspecified atom stereocenters. The second-order valence-corrected chi connectivity index (χ2v) is 3.47. The monoisotopic (exact) mass is 153 g/mol. The highest BCUT2D eigenvalue weighted by Crippen LogP contribution is 2.26. The molecular formula is C10H19N. The Morgan fingerprint density at radius 2 is 2.45 bits per heavy atom. The highest BCUT2D eigenvalue weighted by Gasteiger charge is 2.35. The first-order valence-electron chi connectivity index (χ1n) is 4.66. The normalized spacial score (nSPS) is 31.5. The van der Waals surface area contributed by atoms with Crippen LogP contribution in [0.2, 0.25) is 0 Å². The summed E-state index contributed by atoms with van der Waals surface area (Å²) in [5, 5.41) is 0. The zero-order chi connectivity index (χ0) is 8.27. The maximum Gasteiger partial charge on any atom is 0.0229 e. The van der Waals surface area contributed by atoms with Crippen LogP contribution >= 0.6 is 0 Å². The summed E-state index contributed by atoms with van der Waals surface area (Å²) < 4.78 is 0. The highest BCUT2D eigenvalue weighted by molar-refractivity contribution is 4.93. The first-order chi connectivity index (χ1) is 5.29. The number of hydrogen-bond acceptors (Lipinski definition) is 1. The SMILES string of the molecule is C=CCCC1CN1C(C)CC. The van der Waals surface area contributed by atoms with Gasteiger partial charge in [0.25, 0.3) is 0 Å². The van der Waals surface area contributed by atoms with E-state index in [9.17, 15) is 0 Å². The number of allylic oxidation sites excluding steroid dienone is 1. The van der Waals surface area contributed by atoms with Gasteiger partial charge in [0.2, 0.25) is 0 Å². The van der Waals surface area contributed by atoms with Crippen molar-refractivity contribution in [2.45, 2.75) is 45.2 Å². The second-order valence-electron chi connectivity index (χ2n) is 3.47. The van der Waals surface area contributed by atoms with Crippen molar-refractivity contribution < 1.29 is 0 Å². The van der Waals surface area contributed by atoms with Gasteiger partial charge in [-0.05, 0) is 26.2 Å². The zero-order valence-electron chi connectivity index (χ0n) is 7.71. The third-order valence-electron chi connectivity index (χ3n) is 2.62. The molecule has 0 spiro atoms. The van der Waals surface area contributed by atoms with Crippen molar-refractivity contribution in [1.82, 2.24) is 4.90 Å². The van der Waals surface area contributed by atoms with Gasteiger partial charge >= 0.3 is 0 Å². The highest BCUT2D eigenvalue weighted by atomic mass is 15.3. The molecule has 0 aliphatic carbocycles. The van der Waals surface area contributed by atoms with Gasteiger partial charge in [-0.1, -0.05) is 13.0 Å². The van der Waals surface area contributed by atoms with E-state index in [2.05, 4.69) is 25.3 Å². The molecule has 1 fully saturated rings. The van der Waals surface area contributed by atoms with Crippen LogP contribution < -0.4 is 0 Å². The quantitative estimate of drug-likeness (QED) is 0.433. The van der Waals surface area contributed by atoms with Gasteiger partial charge in [0, 0.05) is 18.6 Å². The Morgan fingerprint density at radius 3 is 3.00 bits per heavy atom. The van der Waals surface area contributed by atoms with Gasteiger partial charge in [0.15, 0.2) is 0 Å². The van der Waals surface area contributed by atoms with E-state index in [-0.39, 0.29) is 0 Å². The van der Waals surface area contributed by atoms with Crippen molar-refractivity contribution in [1.29, 1.82) is 0 Å². The fourth-order valence-corrected chi connectivity index (χ4v) is 1.54. The Bertz CT molecular complexity index is 131. The van der Waals surface area contributed by atoms with Gasteiger partial charge in [-0.2, -0.15) is 0 Å². The van der Waals surface area contributed by atoms with Crippen LogP contribution in [0.3, 0.4) is 0 Å². The molecule has 0 amide bonds. The number of nitrogens with zero attached hydrogens (tertiary/aromatic N) is 1. The molecule has 11 heavy (non-hydrogen) atoms. The maximum atomic E-state index is 3.73. The minimum absolute atomic E-state index is 0.796. The van der Waals surface area contributed by atoms with Gasteiger partial charge in [-0.25, -0.2) is 0 Å². The van der Waals surface area contributed by atoms with Crippen LogP contribution in [-0.2, 0) is 0 Å². The second kappa shape index (κ2) is 3.91. The number of hydrogen-bond donors (Lipinski definition) is 0. The molecule has 0 bridgehead atoms. The van der Waals surface area contributed by atoms with E-state index < -0.39 is 0 Å². The molecule has 1 aliphatic heterocycles. The minimum Gasteiger partial charge on any atom is -0.295 e. The van der Waals surface area contributed by atoms with Crippen molar-refractivity contribution in [3.05, 3.63) is 12.7 Å². The van der Waals surface area contributed by atoms with E-state index >= 15 is 0 Å². The molecule has 1 heteroatoms. The standard InChI is InChI=1S/C10H19N/c1-4-6-7-10-8-11(10)9(3)5-2/h4,9-10H,1,5-8H2,2-3H3. The van der Waals surface area contributed by atoms with Crippen LogP contribution in [0.4, 0.5) is 0 Å². The Morgan fingerprint density at radius 1 is 1.73 bits per heavy atom. The average Bonchev–Trinajstić information content (AvgIpc) is 2.78. The van der Waals surface area contributed by atoms with Crippen LogP contribution in [0.15, 0.2) is 12.7 Å². The molecular weight excluding hydrogens is 134 g/mol. The van der Waals surface area contributed by atoms with E-state index in [0.717, 1.165) is 12.1 Å². The molecule has 1 saturated heterocycles. The predicted molar refractivity (Wildman–Crippen MR) is 49.7 cm³/mol. The molecule has 0 N–H and O–H groups in total. The predicted octanol–water partition coefficient (Wildman–Crippen LogP) is 2.44. The van der Waals surface area contributed by atoms with Crippen molar-refractivity contribution in [3.63, 3.8) is 0 Å². The third kappa shape index (κ3) is 2.33. The summed E-state index contributed by atoms with van der Waals surface area (Å²) in [7, 11) is 0. The van der Waals surface area contributed by atoms with Gasteiger partial charge in [-0.15, -0.1) is 6.58 Å². The van der Waals surface area contributed by atoms with Gasteiger partial charge < -0.3 is 0 Å². The molecule has 0 aromatic rings. The van der Waals surface area contributed by atoms with Gasteiger partial charge in [-0.3, -0.25) is 4.90 Å². The molecule has 1 rings (SSSR count). The van der Waals surface area contributed by atoms with Crippen LogP contribution in [-0.4, -0.2) is 23.5 Å². The summed E-state index contributed by atoms with van der Waals surface area (Å²) in [6, 6.07) is 1.67. The van der Waals surface area contributed by atoms with Crippen molar-refractivity contribution >= 4 is 0 Å². The minimum atomic E-state index is 0.796. The smallest absolute Gasteiger partial charge is 0.0229 e. The van der Waals surface area contributed by atoms with Crippen molar-refractivity contribution in [2.24, 2.45) is 0 Å². The molecule has 0 saturated carbocycles. The molecule has 3 atom stereocenters. The van der Waals surface area contributed by atoms with E-state index in [1.54, 1.807) is 0 Å². The first kappa shape index (κ1) is 8.79. The Kier molecular flexibility index (Phi) is 3.13. The van der Waals surface area contributed by atoms with Gasteiger partial charge in [0.05, 0.1) is 0 Å². The Balaban J connectivity index is 2.10. The third-order valence-corrected chi connectivity index (χ3v) is 2.62. The summed E-state index contributed by atoms with van der Waals surface area (Å²) in [6.45, 7) is 9.63. The van der Waals surface area contributed by atoms with Crippen LogP contribution in [0.1, 0.15) is 33.1 Å². The van der Waals surface area contributed by atoms with E-state index in [0.29, 0.717) is 0 Å². The fourth-order valence-electron chi connectivity index (χ4n) is 1.54. The fraction of sp³-hybridized carbons (Fsp3) is 0.800. The molecule has 1 aliphatic rings. The Labute approximate surface area is 70.1 Å². The molecule has 0 aromatic carbocycles. The summed E-state index contributed by atoms with van der Waals surface area (Å²) in [5.41, 5.74) is 0. The van der Waals surface area contributed by atoms with E-state index in [1.165, 1.54) is 25.8 Å². The Hall–Kier alpha value is -0.300. The molecule has 1 nitrogen and oxygen atoms in total. The van der Waals surface area contributed by atoms with Crippen molar-refractivity contribution in [2.75, 3.05) is 6.54 Å². The average molecular weight is 153 g/mol. The largest absolute Gasteiger partial charge is 0.295 e. The summed E-state index contributed by atoms with van der Waals surface area (Å²) in [4.78, 5) is 2.57. The van der Waals surface area contributed by atoms with Crippen LogP contribution in [0.5, 0.6) is 0 Å². The summed E-state index contributed by atoms with van der Waals surface area (Å²) in [6.07, 6.45) is 5.79. The molecule has 0 radical (unpaired) electrons. The first-order valence-corrected chi connectivity index (χ1v) is 4.66. The lowest BCUT2D eigenvalue weighted by Gasteiger charge is -2.09. The number of rotatable bonds is 5. The maximum absolute atomic E-state index is 3.73. The zero-order valence-corrected chi connectivity index (χ0v) is 7.71. The molecule has 0 aromatic heterocycles. The molecule has 64 valence electrons. The van der Waals surface area contributed by atoms with Gasteiger partial charge in [0.1, 0.15) is 0 Å². The van der Waals surface area contributed by atoms with E-state index in [1.807, 2.05) is 6.08 Å².